The van der Waals surface area contributed by atoms with Gasteiger partial charge in [0.05, 0.1) is 12.8 Å². The summed E-state index contributed by atoms with van der Waals surface area (Å²) in [6.45, 7) is 3.68. The van der Waals surface area contributed by atoms with Crippen LogP contribution in [0.15, 0.2) is 35.8 Å². The molecule has 1 rings (SSSR count). The highest BCUT2D eigenvalue weighted by molar-refractivity contribution is 6.76. The topological polar surface area (TPSA) is 47.6 Å². The predicted octanol–water partition coefficient (Wildman–Crippen LogP) is 3.78. The summed E-state index contributed by atoms with van der Waals surface area (Å²) in [5, 5.41) is 0. The lowest BCUT2D eigenvalue weighted by molar-refractivity contribution is 0.414. The van der Waals surface area contributed by atoms with Crippen LogP contribution in [-0.4, -0.2) is 16.7 Å². The van der Waals surface area contributed by atoms with Crippen LogP contribution >= 0.6 is 34.8 Å². The zero-order chi connectivity index (χ0) is 13.8. The summed E-state index contributed by atoms with van der Waals surface area (Å²) in [6, 6.07) is 5.35. The van der Waals surface area contributed by atoms with Crippen LogP contribution in [0.2, 0.25) is 0 Å². The summed E-state index contributed by atoms with van der Waals surface area (Å²) in [5.41, 5.74) is 7.13. The average molecular weight is 308 g/mol. The molecule has 0 aromatic heterocycles. The van der Waals surface area contributed by atoms with Gasteiger partial charge in [0.25, 0.3) is 0 Å². The summed E-state index contributed by atoms with van der Waals surface area (Å²) in [5.74, 6) is 0.640. The molecule has 2 N–H and O–H groups in total. The number of allylic oxidation sites excluding steroid dienone is 1. The van der Waals surface area contributed by atoms with Crippen LogP contribution in [0, 0.1) is 0 Å². The van der Waals surface area contributed by atoms with Crippen molar-refractivity contribution in [2.24, 2.45) is 10.7 Å². The van der Waals surface area contributed by atoms with E-state index >= 15 is 0 Å². The van der Waals surface area contributed by atoms with Gasteiger partial charge in [0.1, 0.15) is 5.75 Å². The molecule has 3 nitrogen and oxygen atoms in total. The Morgan fingerprint density at radius 2 is 2.17 bits per heavy atom. The Balaban J connectivity index is 3.19. The number of amidine groups is 1. The van der Waals surface area contributed by atoms with E-state index in [1.807, 2.05) is 6.07 Å². The van der Waals surface area contributed by atoms with Gasteiger partial charge in [0, 0.05) is 0 Å². The summed E-state index contributed by atoms with van der Waals surface area (Å²) < 4.78 is 3.42. The highest BCUT2D eigenvalue weighted by atomic mass is 35.6. The van der Waals surface area contributed by atoms with Gasteiger partial charge in [-0.25, -0.2) is 4.99 Å². The van der Waals surface area contributed by atoms with E-state index in [4.69, 9.17) is 45.3 Å². The second-order valence-electron chi connectivity index (χ2n) is 3.48. The first-order chi connectivity index (χ1) is 8.38. The fraction of sp³-hybridized carbons (Fsp3) is 0.250. The maximum atomic E-state index is 5.65. The Bertz CT molecular complexity index is 467. The van der Waals surface area contributed by atoms with Crippen molar-refractivity contribution >= 4 is 46.3 Å². The second kappa shape index (κ2) is 6.32. The van der Waals surface area contributed by atoms with E-state index in [0.717, 1.165) is 11.3 Å². The quantitative estimate of drug-likeness (QED) is 0.398. The van der Waals surface area contributed by atoms with Gasteiger partial charge >= 0.3 is 0 Å². The zero-order valence-electron chi connectivity index (χ0n) is 9.79. The summed E-state index contributed by atoms with van der Waals surface area (Å²) in [6.07, 6.45) is 2.36. The standard InChI is InChI=1S/C12H13Cl3N2O/c1-3-4-8-7-9(18-2)5-6-10(8)17-11(16)12(13,14)15/h3,5-7H,1,4H2,2H3,(H2,16,17). The number of alkyl halides is 3. The molecular weight excluding hydrogens is 295 g/mol. The molecule has 18 heavy (non-hydrogen) atoms. The number of nitrogens with zero attached hydrogens (tertiary/aromatic N) is 1. The van der Waals surface area contributed by atoms with Crippen LogP contribution in [0.5, 0.6) is 5.75 Å². The monoisotopic (exact) mass is 306 g/mol. The zero-order valence-corrected chi connectivity index (χ0v) is 12.1. The van der Waals surface area contributed by atoms with E-state index in [2.05, 4.69) is 11.6 Å². The predicted molar refractivity (Wildman–Crippen MR) is 78.5 cm³/mol. The van der Waals surface area contributed by atoms with Crippen LogP contribution in [0.1, 0.15) is 5.56 Å². The second-order valence-corrected chi connectivity index (χ2v) is 5.76. The van der Waals surface area contributed by atoms with Gasteiger partial charge in [-0.15, -0.1) is 6.58 Å². The van der Waals surface area contributed by atoms with Gasteiger partial charge in [-0.05, 0) is 30.2 Å². The molecule has 0 saturated carbocycles. The molecular formula is C12H13Cl3N2O. The Morgan fingerprint density at radius 1 is 1.50 bits per heavy atom. The Morgan fingerprint density at radius 3 is 2.67 bits per heavy atom. The van der Waals surface area contributed by atoms with Crippen LogP contribution in [0.25, 0.3) is 0 Å². The van der Waals surface area contributed by atoms with Crippen molar-refractivity contribution in [3.8, 4) is 5.75 Å². The first kappa shape index (κ1) is 15.2. The first-order valence-corrected chi connectivity index (χ1v) is 6.21. The number of nitrogens with two attached hydrogens (primary N) is 1. The lowest BCUT2D eigenvalue weighted by Gasteiger charge is -2.12. The molecule has 98 valence electrons. The lowest BCUT2D eigenvalue weighted by atomic mass is 10.1. The number of rotatable bonds is 4. The molecule has 0 spiro atoms. The molecule has 0 bridgehead atoms. The lowest BCUT2D eigenvalue weighted by Crippen LogP contribution is -2.27. The first-order valence-electron chi connectivity index (χ1n) is 5.07. The fourth-order valence-electron chi connectivity index (χ4n) is 1.31. The number of benzene rings is 1. The van der Waals surface area contributed by atoms with Gasteiger partial charge in [0.2, 0.25) is 3.79 Å². The molecule has 0 heterocycles. The molecule has 0 fully saturated rings. The fourth-order valence-corrected chi connectivity index (χ4v) is 1.44. The molecule has 0 radical (unpaired) electrons. The minimum atomic E-state index is -1.72. The third-order valence-corrected chi connectivity index (χ3v) is 2.76. The molecule has 0 aliphatic carbocycles. The highest BCUT2D eigenvalue weighted by Crippen LogP contribution is 2.30. The molecule has 0 unspecified atom stereocenters. The van der Waals surface area contributed by atoms with Crippen LogP contribution in [0.4, 0.5) is 5.69 Å². The van der Waals surface area contributed by atoms with Gasteiger partial charge in [-0.2, -0.15) is 0 Å². The maximum absolute atomic E-state index is 5.65. The molecule has 0 saturated heterocycles. The Kier molecular flexibility index (Phi) is 5.32. The minimum Gasteiger partial charge on any atom is -0.497 e. The smallest absolute Gasteiger partial charge is 0.247 e. The number of ether oxygens (including phenoxy) is 1. The van der Waals surface area contributed by atoms with Crippen molar-refractivity contribution in [3.63, 3.8) is 0 Å². The number of methoxy groups -OCH3 is 1. The van der Waals surface area contributed by atoms with Crippen molar-refractivity contribution in [2.75, 3.05) is 7.11 Å². The summed E-state index contributed by atoms with van der Waals surface area (Å²) >= 11 is 17.0. The largest absolute Gasteiger partial charge is 0.497 e. The van der Waals surface area contributed by atoms with E-state index in [-0.39, 0.29) is 5.84 Å². The van der Waals surface area contributed by atoms with E-state index in [1.54, 1.807) is 25.3 Å². The SMILES string of the molecule is C=CCc1cc(OC)ccc1N=C(N)C(Cl)(Cl)Cl. The number of hydrogen-bond acceptors (Lipinski definition) is 2. The third-order valence-electron chi connectivity index (χ3n) is 2.18. The third kappa shape index (κ3) is 4.09. The van der Waals surface area contributed by atoms with E-state index in [1.165, 1.54) is 0 Å². The summed E-state index contributed by atoms with van der Waals surface area (Å²) in [7, 11) is 1.59. The molecule has 1 aromatic rings. The molecule has 0 aliphatic rings. The van der Waals surface area contributed by atoms with Gasteiger partial charge in [-0.3, -0.25) is 0 Å². The van der Waals surface area contributed by atoms with Crippen LogP contribution < -0.4 is 10.5 Å². The van der Waals surface area contributed by atoms with E-state index in [9.17, 15) is 0 Å². The minimum absolute atomic E-state index is 0.0806. The number of aliphatic imine (C=N–C) groups is 1. The normalized spacial score (nSPS) is 12.3. The van der Waals surface area contributed by atoms with Crippen molar-refractivity contribution in [1.29, 1.82) is 0 Å². The number of hydrogen-bond donors (Lipinski definition) is 1. The van der Waals surface area contributed by atoms with Crippen molar-refractivity contribution < 1.29 is 4.74 Å². The van der Waals surface area contributed by atoms with Gasteiger partial charge < -0.3 is 10.5 Å². The van der Waals surface area contributed by atoms with Gasteiger partial charge in [0.15, 0.2) is 5.84 Å². The Labute approximate surface area is 121 Å². The summed E-state index contributed by atoms with van der Waals surface area (Å²) in [4.78, 5) is 4.12. The van der Waals surface area contributed by atoms with Gasteiger partial charge in [-0.1, -0.05) is 40.9 Å². The maximum Gasteiger partial charge on any atom is 0.247 e. The van der Waals surface area contributed by atoms with Crippen LogP contribution in [-0.2, 0) is 6.42 Å². The van der Waals surface area contributed by atoms with E-state index < -0.39 is 3.79 Å². The van der Waals surface area contributed by atoms with Crippen molar-refractivity contribution in [2.45, 2.75) is 10.2 Å². The molecule has 0 atom stereocenters. The van der Waals surface area contributed by atoms with Crippen LogP contribution in [0.3, 0.4) is 0 Å². The Hall–Kier alpha value is -0.900. The molecule has 0 aliphatic heterocycles. The average Bonchev–Trinajstić information content (AvgIpc) is 2.30. The number of halogens is 3. The van der Waals surface area contributed by atoms with Crippen molar-refractivity contribution in [3.05, 3.63) is 36.4 Å². The highest BCUT2D eigenvalue weighted by Gasteiger charge is 2.25. The molecule has 0 amide bonds. The molecule has 1 aromatic carbocycles. The van der Waals surface area contributed by atoms with E-state index in [0.29, 0.717) is 12.1 Å². The molecule has 6 heteroatoms. The van der Waals surface area contributed by atoms with Crippen molar-refractivity contribution in [1.82, 2.24) is 0 Å².